The van der Waals surface area contributed by atoms with Gasteiger partial charge in [0.1, 0.15) is 5.75 Å². The molecule has 88 valence electrons. The van der Waals surface area contributed by atoms with Crippen molar-refractivity contribution in [2.45, 2.75) is 19.6 Å². The number of ether oxygens (including phenoxy) is 1. The van der Waals surface area contributed by atoms with Crippen molar-refractivity contribution in [3.63, 3.8) is 0 Å². The summed E-state index contributed by atoms with van der Waals surface area (Å²) in [6.45, 7) is 2.00. The molecule has 16 heavy (non-hydrogen) atoms. The lowest BCUT2D eigenvalue weighted by Crippen LogP contribution is -2.33. The van der Waals surface area contributed by atoms with Gasteiger partial charge in [-0.25, -0.2) is 8.42 Å². The van der Waals surface area contributed by atoms with Crippen LogP contribution in [0.25, 0.3) is 0 Å². The summed E-state index contributed by atoms with van der Waals surface area (Å²) >= 11 is 0. The summed E-state index contributed by atoms with van der Waals surface area (Å²) in [5.74, 6) is 0.875. The monoisotopic (exact) mass is 241 g/mol. The molecule has 0 N–H and O–H groups in total. The van der Waals surface area contributed by atoms with Crippen molar-refractivity contribution in [2.24, 2.45) is 0 Å². The quantitative estimate of drug-likeness (QED) is 0.785. The number of hydrogen-bond donors (Lipinski definition) is 0. The lowest BCUT2D eigenvalue weighted by molar-refractivity contribution is 0.115. The highest BCUT2D eigenvalue weighted by Crippen LogP contribution is 2.23. The van der Waals surface area contributed by atoms with Gasteiger partial charge in [0.15, 0.2) is 6.23 Å². The molecule has 0 saturated carbocycles. The lowest BCUT2D eigenvalue weighted by Gasteiger charge is -2.19. The Balaban J connectivity index is 2.09. The minimum absolute atomic E-state index is 0.167. The summed E-state index contributed by atoms with van der Waals surface area (Å²) in [5, 5.41) is 0. The van der Waals surface area contributed by atoms with Crippen LogP contribution in [0.4, 0.5) is 0 Å². The van der Waals surface area contributed by atoms with E-state index in [1.165, 1.54) is 4.31 Å². The summed E-state index contributed by atoms with van der Waals surface area (Å²) in [5.41, 5.74) is 1.15. The van der Waals surface area contributed by atoms with Gasteiger partial charge in [0.25, 0.3) is 0 Å². The molecule has 0 radical (unpaired) electrons. The molecule has 0 aliphatic carbocycles. The Morgan fingerprint density at radius 1 is 1.31 bits per heavy atom. The van der Waals surface area contributed by atoms with Crippen molar-refractivity contribution in [2.75, 3.05) is 12.8 Å². The van der Waals surface area contributed by atoms with E-state index in [9.17, 15) is 8.42 Å². The SMILES string of the molecule is Cc1ccc(OC2CCS(=O)(=O)N2C)cc1. The molecule has 1 aromatic rings. The predicted octanol–water partition coefficient (Wildman–Crippen LogP) is 1.37. The first kappa shape index (κ1) is 11.4. The molecule has 2 rings (SSSR count). The van der Waals surface area contributed by atoms with Gasteiger partial charge in [-0.2, -0.15) is 4.31 Å². The first-order chi connectivity index (χ1) is 7.49. The van der Waals surface area contributed by atoms with Crippen LogP contribution in [-0.2, 0) is 10.0 Å². The predicted molar refractivity (Wildman–Crippen MR) is 61.8 cm³/mol. The van der Waals surface area contributed by atoms with Crippen LogP contribution in [0.15, 0.2) is 24.3 Å². The first-order valence-corrected chi connectivity index (χ1v) is 6.79. The fourth-order valence-corrected chi connectivity index (χ4v) is 2.96. The molecular formula is C11H15NO3S. The zero-order chi connectivity index (χ0) is 11.8. The highest BCUT2D eigenvalue weighted by atomic mass is 32.2. The van der Waals surface area contributed by atoms with Crippen LogP contribution in [0.3, 0.4) is 0 Å². The topological polar surface area (TPSA) is 46.6 Å². The molecule has 1 aromatic carbocycles. The summed E-state index contributed by atoms with van der Waals surface area (Å²) in [4.78, 5) is 0. The lowest BCUT2D eigenvalue weighted by atomic mass is 10.2. The van der Waals surface area contributed by atoms with Gasteiger partial charge in [-0.05, 0) is 19.1 Å². The highest BCUT2D eigenvalue weighted by molar-refractivity contribution is 7.89. The largest absolute Gasteiger partial charge is 0.474 e. The standard InChI is InChI=1S/C11H15NO3S/c1-9-3-5-10(6-4-9)15-11-7-8-16(13,14)12(11)2/h3-6,11H,7-8H2,1-2H3. The average Bonchev–Trinajstić information content (AvgIpc) is 2.49. The van der Waals surface area contributed by atoms with E-state index in [2.05, 4.69) is 0 Å². The van der Waals surface area contributed by atoms with E-state index < -0.39 is 10.0 Å². The van der Waals surface area contributed by atoms with Crippen LogP contribution in [0.2, 0.25) is 0 Å². The minimum Gasteiger partial charge on any atom is -0.474 e. The smallest absolute Gasteiger partial charge is 0.217 e. The van der Waals surface area contributed by atoms with E-state index in [1.54, 1.807) is 7.05 Å². The number of aryl methyl sites for hydroxylation is 1. The molecule has 1 aliphatic rings. The number of nitrogens with zero attached hydrogens (tertiary/aromatic N) is 1. The number of hydrogen-bond acceptors (Lipinski definition) is 3. The molecule has 1 aliphatic heterocycles. The number of rotatable bonds is 2. The highest BCUT2D eigenvalue weighted by Gasteiger charge is 2.35. The molecule has 1 saturated heterocycles. The van der Waals surface area contributed by atoms with Crippen LogP contribution in [0.5, 0.6) is 5.75 Å². The summed E-state index contributed by atoms with van der Waals surface area (Å²) in [6.07, 6.45) is 0.153. The third-order valence-corrected chi connectivity index (χ3v) is 4.62. The Morgan fingerprint density at radius 3 is 2.44 bits per heavy atom. The average molecular weight is 241 g/mol. The van der Waals surface area contributed by atoms with Crippen LogP contribution < -0.4 is 4.74 Å². The maximum Gasteiger partial charge on any atom is 0.217 e. The third kappa shape index (κ3) is 2.20. The second kappa shape index (κ2) is 4.07. The summed E-state index contributed by atoms with van der Waals surface area (Å²) in [6, 6.07) is 7.60. The van der Waals surface area contributed by atoms with Crippen molar-refractivity contribution >= 4 is 10.0 Å². The zero-order valence-corrected chi connectivity index (χ0v) is 10.2. The molecule has 0 aromatic heterocycles. The normalized spacial score (nSPS) is 24.5. The molecule has 5 heteroatoms. The van der Waals surface area contributed by atoms with Crippen LogP contribution in [0, 0.1) is 6.92 Å². The van der Waals surface area contributed by atoms with Gasteiger partial charge < -0.3 is 4.74 Å². The maximum absolute atomic E-state index is 11.5. The van der Waals surface area contributed by atoms with Crippen LogP contribution in [0.1, 0.15) is 12.0 Å². The molecule has 0 amide bonds. The van der Waals surface area contributed by atoms with Gasteiger partial charge in [-0.1, -0.05) is 17.7 Å². The Labute approximate surface area is 95.9 Å². The van der Waals surface area contributed by atoms with Crippen molar-refractivity contribution in [3.05, 3.63) is 29.8 Å². The maximum atomic E-state index is 11.5. The van der Waals surface area contributed by atoms with Gasteiger partial charge in [0, 0.05) is 13.5 Å². The van der Waals surface area contributed by atoms with Crippen LogP contribution in [-0.4, -0.2) is 31.8 Å². The second-order valence-electron chi connectivity index (χ2n) is 4.01. The summed E-state index contributed by atoms with van der Waals surface area (Å²) < 4.78 is 29.8. The van der Waals surface area contributed by atoms with E-state index in [0.29, 0.717) is 12.2 Å². The Bertz CT molecular complexity index is 467. The van der Waals surface area contributed by atoms with Gasteiger partial charge in [0.05, 0.1) is 5.75 Å². The van der Waals surface area contributed by atoms with E-state index in [-0.39, 0.29) is 12.0 Å². The number of sulfonamides is 1. The molecule has 1 heterocycles. The fraction of sp³-hybridized carbons (Fsp3) is 0.455. The molecule has 0 bridgehead atoms. The number of benzene rings is 1. The van der Waals surface area contributed by atoms with Crippen LogP contribution >= 0.6 is 0 Å². The molecule has 1 fully saturated rings. The summed E-state index contributed by atoms with van der Waals surface area (Å²) in [7, 11) is -1.54. The Morgan fingerprint density at radius 2 is 1.94 bits per heavy atom. The Kier molecular flexibility index (Phi) is 2.90. The minimum atomic E-state index is -3.09. The molecule has 1 unspecified atom stereocenters. The van der Waals surface area contributed by atoms with Crippen molar-refractivity contribution in [1.29, 1.82) is 0 Å². The van der Waals surface area contributed by atoms with Gasteiger partial charge >= 0.3 is 0 Å². The third-order valence-electron chi connectivity index (χ3n) is 2.76. The van der Waals surface area contributed by atoms with Gasteiger partial charge in [-0.15, -0.1) is 0 Å². The van der Waals surface area contributed by atoms with Gasteiger partial charge in [0.2, 0.25) is 10.0 Å². The van der Waals surface area contributed by atoms with E-state index >= 15 is 0 Å². The van der Waals surface area contributed by atoms with E-state index in [1.807, 2.05) is 31.2 Å². The van der Waals surface area contributed by atoms with Crippen molar-refractivity contribution in [3.8, 4) is 5.75 Å². The molecule has 0 spiro atoms. The first-order valence-electron chi connectivity index (χ1n) is 5.18. The zero-order valence-electron chi connectivity index (χ0n) is 9.38. The molecule has 1 atom stereocenters. The molecular weight excluding hydrogens is 226 g/mol. The second-order valence-corrected chi connectivity index (χ2v) is 6.15. The van der Waals surface area contributed by atoms with E-state index in [4.69, 9.17) is 4.74 Å². The van der Waals surface area contributed by atoms with Crippen molar-refractivity contribution in [1.82, 2.24) is 4.31 Å². The fourth-order valence-electron chi connectivity index (χ4n) is 1.66. The molecule has 4 nitrogen and oxygen atoms in total. The Hall–Kier alpha value is -1.07. The van der Waals surface area contributed by atoms with Crippen molar-refractivity contribution < 1.29 is 13.2 Å². The van der Waals surface area contributed by atoms with E-state index in [0.717, 1.165) is 5.56 Å². The van der Waals surface area contributed by atoms with Gasteiger partial charge in [-0.3, -0.25) is 0 Å².